The van der Waals surface area contributed by atoms with Crippen molar-refractivity contribution < 1.29 is 8.42 Å². The van der Waals surface area contributed by atoms with Gasteiger partial charge in [0.15, 0.2) is 9.84 Å². The number of rotatable bonds is 3. The van der Waals surface area contributed by atoms with Crippen LogP contribution in [0.2, 0.25) is 0 Å². The number of aryl methyl sites for hydroxylation is 1. The first-order valence-corrected chi connectivity index (χ1v) is 8.39. The minimum Gasteiger partial charge on any atom is -0.223 e. The lowest BCUT2D eigenvalue weighted by atomic mass is 9.75. The van der Waals surface area contributed by atoms with E-state index in [1.54, 1.807) is 12.1 Å². The predicted octanol–water partition coefficient (Wildman–Crippen LogP) is 3.63. The summed E-state index contributed by atoms with van der Waals surface area (Å²) in [6.07, 6.45) is 1.23. The van der Waals surface area contributed by atoms with Gasteiger partial charge < -0.3 is 0 Å². The van der Waals surface area contributed by atoms with Crippen molar-refractivity contribution in [1.82, 2.24) is 0 Å². The van der Waals surface area contributed by atoms with Crippen molar-refractivity contribution in [2.75, 3.05) is 0 Å². The molecule has 1 atom stereocenters. The highest BCUT2D eigenvalue weighted by Gasteiger charge is 2.52. The molecule has 2 aromatic rings. The lowest BCUT2D eigenvalue weighted by molar-refractivity contribution is 0.463. The molecule has 2 nitrogen and oxygen atoms in total. The van der Waals surface area contributed by atoms with Gasteiger partial charge in [-0.1, -0.05) is 48.9 Å². The van der Waals surface area contributed by atoms with E-state index in [0.29, 0.717) is 17.7 Å². The Morgan fingerprint density at radius 2 is 1.70 bits per heavy atom. The molecule has 0 bridgehead atoms. The molecular weight excluding hydrogens is 268 g/mol. The Kier molecular flexibility index (Phi) is 2.98. The van der Waals surface area contributed by atoms with Crippen LogP contribution in [0.25, 0.3) is 0 Å². The minimum absolute atomic E-state index is 0.430. The molecule has 1 aliphatic rings. The Balaban J connectivity index is 2.14. The summed E-state index contributed by atoms with van der Waals surface area (Å²) < 4.78 is 25.3. The lowest BCUT2D eigenvalue weighted by Gasteiger charge is -2.42. The largest absolute Gasteiger partial charge is 0.223 e. The fourth-order valence-corrected chi connectivity index (χ4v) is 5.26. The molecular formula is C17H18O2S. The fourth-order valence-electron chi connectivity index (χ4n) is 3.10. The van der Waals surface area contributed by atoms with Gasteiger partial charge >= 0.3 is 0 Å². The lowest BCUT2D eigenvalue weighted by Crippen LogP contribution is -2.45. The summed E-state index contributed by atoms with van der Waals surface area (Å²) in [6.45, 7) is 3.92. The maximum atomic E-state index is 13.0. The molecule has 0 saturated carbocycles. The van der Waals surface area contributed by atoms with Crippen LogP contribution < -0.4 is 0 Å². The van der Waals surface area contributed by atoms with E-state index in [0.717, 1.165) is 16.7 Å². The van der Waals surface area contributed by atoms with Gasteiger partial charge in [0.2, 0.25) is 0 Å². The molecule has 0 spiro atoms. The number of benzene rings is 2. The van der Waals surface area contributed by atoms with Crippen molar-refractivity contribution in [2.45, 2.75) is 36.3 Å². The zero-order valence-electron chi connectivity index (χ0n) is 11.8. The van der Waals surface area contributed by atoms with Crippen LogP contribution in [0.5, 0.6) is 0 Å². The van der Waals surface area contributed by atoms with E-state index >= 15 is 0 Å². The summed E-state index contributed by atoms with van der Waals surface area (Å²) in [5.74, 6) is 0. The van der Waals surface area contributed by atoms with Crippen LogP contribution in [0.15, 0.2) is 53.4 Å². The highest BCUT2D eigenvalue weighted by atomic mass is 32.2. The van der Waals surface area contributed by atoms with Crippen molar-refractivity contribution in [1.29, 1.82) is 0 Å². The average Bonchev–Trinajstić information content (AvgIpc) is 2.41. The Bertz CT molecular complexity index is 745. The molecule has 0 heterocycles. The summed E-state index contributed by atoms with van der Waals surface area (Å²) in [5, 5.41) is 0. The molecule has 104 valence electrons. The Morgan fingerprint density at radius 1 is 1.05 bits per heavy atom. The topological polar surface area (TPSA) is 34.1 Å². The van der Waals surface area contributed by atoms with E-state index < -0.39 is 14.6 Å². The molecule has 0 saturated heterocycles. The van der Waals surface area contributed by atoms with Crippen LogP contribution in [-0.4, -0.2) is 8.42 Å². The van der Waals surface area contributed by atoms with Crippen LogP contribution in [-0.2, 0) is 21.0 Å². The van der Waals surface area contributed by atoms with Crippen molar-refractivity contribution >= 4 is 9.84 Å². The van der Waals surface area contributed by atoms with E-state index in [1.807, 2.05) is 50.2 Å². The van der Waals surface area contributed by atoms with E-state index in [9.17, 15) is 8.42 Å². The average molecular weight is 286 g/mol. The minimum atomic E-state index is -3.34. The Labute approximate surface area is 120 Å². The zero-order chi connectivity index (χ0) is 14.4. The monoisotopic (exact) mass is 286 g/mol. The molecule has 0 aromatic heterocycles. The molecule has 1 unspecified atom stereocenters. The summed E-state index contributed by atoms with van der Waals surface area (Å²) in [6, 6.07) is 15.0. The first-order valence-electron chi connectivity index (χ1n) is 6.91. The van der Waals surface area contributed by atoms with Gasteiger partial charge in [-0.15, -0.1) is 0 Å². The van der Waals surface area contributed by atoms with Crippen molar-refractivity contribution in [2.24, 2.45) is 0 Å². The van der Waals surface area contributed by atoms with Crippen LogP contribution >= 0.6 is 0 Å². The Morgan fingerprint density at radius 3 is 2.30 bits per heavy atom. The molecule has 0 fully saturated rings. The quantitative estimate of drug-likeness (QED) is 0.863. The summed E-state index contributed by atoms with van der Waals surface area (Å²) in [5.41, 5.74) is 3.21. The van der Waals surface area contributed by atoms with Crippen LogP contribution in [0, 0.1) is 6.92 Å². The molecule has 3 rings (SSSR count). The number of hydrogen-bond donors (Lipinski definition) is 0. The van der Waals surface area contributed by atoms with E-state index in [-0.39, 0.29) is 0 Å². The van der Waals surface area contributed by atoms with Gasteiger partial charge in [0, 0.05) is 0 Å². The van der Waals surface area contributed by atoms with Crippen molar-refractivity contribution in [3.05, 3.63) is 65.2 Å². The van der Waals surface area contributed by atoms with Crippen molar-refractivity contribution in [3.63, 3.8) is 0 Å². The van der Waals surface area contributed by atoms with E-state index in [2.05, 4.69) is 0 Å². The molecule has 3 heteroatoms. The molecule has 20 heavy (non-hydrogen) atoms. The van der Waals surface area contributed by atoms with Crippen LogP contribution in [0.4, 0.5) is 0 Å². The van der Waals surface area contributed by atoms with E-state index in [1.165, 1.54) is 0 Å². The molecule has 1 aliphatic carbocycles. The number of sulfone groups is 1. The van der Waals surface area contributed by atoms with E-state index in [4.69, 9.17) is 0 Å². The molecule has 0 aliphatic heterocycles. The molecule has 0 amide bonds. The second kappa shape index (κ2) is 4.45. The highest BCUT2D eigenvalue weighted by Crippen LogP contribution is 2.50. The summed E-state index contributed by atoms with van der Waals surface area (Å²) in [4.78, 5) is 0.430. The number of hydrogen-bond acceptors (Lipinski definition) is 2. The first-order chi connectivity index (χ1) is 9.51. The van der Waals surface area contributed by atoms with Gasteiger partial charge in [-0.25, -0.2) is 8.42 Å². The third-order valence-electron chi connectivity index (χ3n) is 4.40. The normalized spacial score (nSPS) is 21.1. The van der Waals surface area contributed by atoms with Gasteiger partial charge in [-0.2, -0.15) is 0 Å². The van der Waals surface area contributed by atoms with Crippen LogP contribution in [0.3, 0.4) is 0 Å². The smallest absolute Gasteiger partial charge is 0.188 e. The third-order valence-corrected chi connectivity index (χ3v) is 6.98. The molecule has 2 aromatic carbocycles. The predicted molar refractivity (Wildman–Crippen MR) is 80.5 cm³/mol. The summed E-state index contributed by atoms with van der Waals surface area (Å²) in [7, 11) is -3.34. The SMILES string of the molecule is CCC1(S(=O)(=O)c2ccc(C)cc2)Cc2ccccc21. The Hall–Kier alpha value is -1.61. The maximum absolute atomic E-state index is 13.0. The van der Waals surface area contributed by atoms with Gasteiger partial charge in [0.25, 0.3) is 0 Å². The summed E-state index contributed by atoms with van der Waals surface area (Å²) >= 11 is 0. The fraction of sp³-hybridized carbons (Fsp3) is 0.294. The van der Waals surface area contributed by atoms with Gasteiger partial charge in [0.1, 0.15) is 4.75 Å². The zero-order valence-corrected chi connectivity index (χ0v) is 12.6. The first kappa shape index (κ1) is 13.4. The molecule has 0 radical (unpaired) electrons. The van der Waals surface area contributed by atoms with Crippen LogP contribution in [0.1, 0.15) is 30.0 Å². The van der Waals surface area contributed by atoms with Crippen molar-refractivity contribution in [3.8, 4) is 0 Å². The third kappa shape index (κ3) is 1.66. The van der Waals surface area contributed by atoms with Gasteiger partial charge in [0.05, 0.1) is 4.90 Å². The standard InChI is InChI=1S/C17H18O2S/c1-3-17(12-14-6-4-5-7-16(14)17)20(18,19)15-10-8-13(2)9-11-15/h4-11H,3,12H2,1-2H3. The maximum Gasteiger partial charge on any atom is 0.188 e. The van der Waals surface area contributed by atoms with Gasteiger partial charge in [-0.3, -0.25) is 0 Å². The van der Waals surface area contributed by atoms with Gasteiger partial charge in [-0.05, 0) is 43.0 Å². The highest BCUT2D eigenvalue weighted by molar-refractivity contribution is 7.92. The molecule has 0 N–H and O–H groups in total. The number of fused-ring (bicyclic) bond motifs is 1. The second-order valence-electron chi connectivity index (χ2n) is 5.50. The second-order valence-corrected chi connectivity index (χ2v) is 7.76.